The number of rotatable bonds is 7. The molecule has 0 aromatic heterocycles. The van der Waals surface area contributed by atoms with Crippen LogP contribution in [-0.4, -0.2) is 104 Å². The summed E-state index contributed by atoms with van der Waals surface area (Å²) in [7, 11) is 1.32. The Balaban J connectivity index is 1.38. The Labute approximate surface area is 269 Å². The molecule has 14 heteroatoms. The summed E-state index contributed by atoms with van der Waals surface area (Å²) in [5, 5.41) is 48.6. The number of aliphatic hydroxyl groups excluding tert-OH is 1. The molecule has 2 aromatic rings. The summed E-state index contributed by atoms with van der Waals surface area (Å²) >= 11 is 0. The van der Waals surface area contributed by atoms with Crippen LogP contribution in [0, 0.1) is 0 Å². The fraction of sp³-hybridized carbons (Fsp3) is 0.485. The zero-order chi connectivity index (χ0) is 34.1. The lowest BCUT2D eigenvalue weighted by atomic mass is 9.72. The van der Waals surface area contributed by atoms with Gasteiger partial charge in [0.05, 0.1) is 54.6 Å². The number of likely N-dealkylation sites (N-methyl/N-ethyl adjacent to an activating group) is 1. The van der Waals surface area contributed by atoms with Gasteiger partial charge in [0.1, 0.15) is 22.8 Å². The topological polar surface area (TPSA) is 209 Å². The van der Waals surface area contributed by atoms with E-state index in [1.807, 2.05) is 0 Å². The van der Waals surface area contributed by atoms with E-state index >= 15 is 0 Å². The summed E-state index contributed by atoms with van der Waals surface area (Å²) in [6, 6.07) is 2.72. The summed E-state index contributed by atoms with van der Waals surface area (Å²) in [5.74, 6) is -4.20. The third kappa shape index (κ3) is 5.11. The maximum atomic E-state index is 13.8. The van der Waals surface area contributed by atoms with Crippen molar-refractivity contribution in [3.8, 4) is 17.2 Å². The number of fused-ring (bicyclic) bond motifs is 3. The van der Waals surface area contributed by atoms with Crippen LogP contribution in [-0.2, 0) is 30.3 Å². The van der Waals surface area contributed by atoms with E-state index in [1.54, 1.807) is 13.8 Å². The Kier molecular flexibility index (Phi) is 8.21. The van der Waals surface area contributed by atoms with Gasteiger partial charge in [0.2, 0.25) is 17.6 Å². The van der Waals surface area contributed by atoms with Gasteiger partial charge in [0.25, 0.3) is 0 Å². The Morgan fingerprint density at radius 3 is 2.45 bits per heavy atom. The van der Waals surface area contributed by atoms with Gasteiger partial charge in [-0.25, -0.2) is 0 Å². The van der Waals surface area contributed by atoms with Crippen molar-refractivity contribution >= 4 is 29.2 Å². The van der Waals surface area contributed by atoms with E-state index in [-0.39, 0.29) is 53.3 Å². The van der Waals surface area contributed by atoms with Gasteiger partial charge < -0.3 is 34.6 Å². The maximum Gasteiger partial charge on any atom is 0.246 e. The third-order valence-electron chi connectivity index (χ3n) is 9.73. The zero-order valence-corrected chi connectivity index (χ0v) is 26.2. The van der Waals surface area contributed by atoms with E-state index in [9.17, 15) is 44.4 Å². The molecule has 2 aromatic carbocycles. The predicted molar refractivity (Wildman–Crippen MR) is 160 cm³/mol. The minimum Gasteiger partial charge on any atom is -0.507 e. The quantitative estimate of drug-likeness (QED) is 0.177. The number of hydrogen-bond acceptors (Lipinski definition) is 13. The molecule has 2 aliphatic carbocycles. The van der Waals surface area contributed by atoms with Crippen LogP contribution < -0.4 is 10.1 Å². The molecule has 2 amide bonds. The highest BCUT2D eigenvalue weighted by Crippen LogP contribution is 2.52. The van der Waals surface area contributed by atoms with Gasteiger partial charge in [0.15, 0.2) is 17.9 Å². The van der Waals surface area contributed by atoms with Crippen molar-refractivity contribution in [2.24, 2.45) is 0 Å². The number of benzene rings is 2. The van der Waals surface area contributed by atoms with Gasteiger partial charge in [-0.3, -0.25) is 34.2 Å². The Morgan fingerprint density at radius 1 is 1.11 bits per heavy atom. The van der Waals surface area contributed by atoms with Crippen LogP contribution in [0.4, 0.5) is 0 Å². The molecule has 2 saturated heterocycles. The molecular weight excluding hydrogens is 616 g/mol. The monoisotopic (exact) mass is 652 g/mol. The van der Waals surface area contributed by atoms with Crippen molar-refractivity contribution in [1.29, 1.82) is 0 Å². The molecular formula is C33H36N2O12. The van der Waals surface area contributed by atoms with E-state index in [2.05, 4.69) is 5.32 Å². The first kappa shape index (κ1) is 32.7. The number of Topliss-reactive ketones (excluding diaryl/α,β-unsaturated/α-hetero) is 1. The minimum atomic E-state index is -2.09. The van der Waals surface area contributed by atoms with Gasteiger partial charge in [-0.2, -0.15) is 0 Å². The standard InChI is InChI=1S/C33H36N2O12/c1-5-35-21(37)9-18(32(35)43)34-17-10-22(46-13(2)27(17)38)47-20-12-33(44,14(3)36)11-16-24(20)31(42)26-25(29(16)40)28(39)15-7-6-8-19(45-4)23(15)30(26)41/h6-8,13,17-18,20,22,27,34,38,40,42,44H,5,9-12H2,1-4H3. The molecule has 2 fully saturated rings. The van der Waals surface area contributed by atoms with Crippen LogP contribution in [0.3, 0.4) is 0 Å². The Hall–Kier alpha value is -4.21. The molecule has 6 rings (SSSR count). The predicted octanol–water partition coefficient (Wildman–Crippen LogP) is 0.807. The lowest BCUT2D eigenvalue weighted by Crippen LogP contribution is -2.57. The highest BCUT2D eigenvalue weighted by atomic mass is 16.7. The summed E-state index contributed by atoms with van der Waals surface area (Å²) in [6.07, 6.45) is -5.47. The second-order valence-electron chi connectivity index (χ2n) is 12.5. The van der Waals surface area contributed by atoms with Gasteiger partial charge in [-0.05, 0) is 26.8 Å². The lowest BCUT2D eigenvalue weighted by Gasteiger charge is -2.43. The van der Waals surface area contributed by atoms with Gasteiger partial charge in [0, 0.05) is 48.5 Å². The number of imide groups is 1. The number of hydrogen-bond donors (Lipinski definition) is 5. The number of phenols is 2. The van der Waals surface area contributed by atoms with Crippen LogP contribution in [0.1, 0.15) is 89.1 Å². The molecule has 5 N–H and O–H groups in total. The van der Waals surface area contributed by atoms with Crippen molar-refractivity contribution in [1.82, 2.24) is 10.2 Å². The molecule has 0 spiro atoms. The number of methoxy groups -OCH3 is 1. The molecule has 14 nitrogen and oxygen atoms in total. The van der Waals surface area contributed by atoms with Gasteiger partial charge in [-0.1, -0.05) is 12.1 Å². The molecule has 0 radical (unpaired) electrons. The number of likely N-dealkylation sites (tertiary alicyclic amines) is 1. The van der Waals surface area contributed by atoms with Crippen LogP contribution in [0.2, 0.25) is 0 Å². The number of nitrogens with one attached hydrogen (secondary N) is 1. The first-order valence-corrected chi connectivity index (χ1v) is 15.4. The molecule has 4 aliphatic rings. The first-order valence-electron chi connectivity index (χ1n) is 15.4. The molecule has 7 unspecified atom stereocenters. The smallest absolute Gasteiger partial charge is 0.246 e. The van der Waals surface area contributed by atoms with Crippen molar-refractivity contribution in [2.45, 2.75) is 88.7 Å². The molecule has 0 bridgehead atoms. The number of aromatic hydroxyl groups is 2. The van der Waals surface area contributed by atoms with Crippen molar-refractivity contribution in [2.75, 3.05) is 13.7 Å². The number of carbonyl (C=O) groups excluding carboxylic acids is 5. The number of nitrogens with zero attached hydrogens (tertiary/aromatic N) is 1. The number of carbonyl (C=O) groups is 5. The number of ketones is 3. The molecule has 0 saturated carbocycles. The zero-order valence-electron chi connectivity index (χ0n) is 26.2. The fourth-order valence-electron chi connectivity index (χ4n) is 7.19. The summed E-state index contributed by atoms with van der Waals surface area (Å²) < 4.78 is 17.5. The Bertz CT molecular complexity index is 1720. The SMILES string of the molecule is CCN1C(=O)CC(NC2CC(OC3CC(O)(C(C)=O)Cc4c(O)c5c(c(O)c43)C(=O)c3c(OC)cccc3C5=O)OC(C)C2O)C1=O. The number of ether oxygens (including phenoxy) is 3. The average Bonchev–Trinajstić information content (AvgIpc) is 3.30. The normalized spacial score (nSPS) is 30.2. The average molecular weight is 653 g/mol. The number of amides is 2. The van der Waals surface area contributed by atoms with E-state index in [4.69, 9.17) is 14.2 Å². The largest absolute Gasteiger partial charge is 0.507 e. The van der Waals surface area contributed by atoms with Gasteiger partial charge >= 0.3 is 0 Å². The van der Waals surface area contributed by atoms with Crippen molar-refractivity contribution in [3.63, 3.8) is 0 Å². The van der Waals surface area contributed by atoms with E-state index < -0.39 is 101 Å². The second-order valence-corrected chi connectivity index (χ2v) is 12.5. The molecule has 7 atom stereocenters. The van der Waals surface area contributed by atoms with E-state index in [0.29, 0.717) is 0 Å². The Morgan fingerprint density at radius 2 is 1.81 bits per heavy atom. The van der Waals surface area contributed by atoms with E-state index in [0.717, 1.165) is 11.8 Å². The highest BCUT2D eigenvalue weighted by molar-refractivity contribution is 6.31. The second kappa shape index (κ2) is 11.8. The third-order valence-corrected chi connectivity index (χ3v) is 9.73. The lowest BCUT2D eigenvalue weighted by molar-refractivity contribution is -0.250. The highest BCUT2D eigenvalue weighted by Gasteiger charge is 2.50. The molecule has 250 valence electrons. The van der Waals surface area contributed by atoms with Gasteiger partial charge in [-0.15, -0.1) is 0 Å². The fourth-order valence-corrected chi connectivity index (χ4v) is 7.19. The van der Waals surface area contributed by atoms with Crippen LogP contribution >= 0.6 is 0 Å². The first-order chi connectivity index (χ1) is 22.2. The van der Waals surface area contributed by atoms with Crippen molar-refractivity contribution in [3.05, 3.63) is 51.6 Å². The van der Waals surface area contributed by atoms with Crippen LogP contribution in [0.5, 0.6) is 17.2 Å². The summed E-state index contributed by atoms with van der Waals surface area (Å²) in [6.45, 7) is 4.62. The molecule has 2 aliphatic heterocycles. The van der Waals surface area contributed by atoms with Crippen LogP contribution in [0.25, 0.3) is 0 Å². The number of aliphatic hydroxyl groups is 2. The van der Waals surface area contributed by atoms with E-state index in [1.165, 1.54) is 25.3 Å². The summed E-state index contributed by atoms with van der Waals surface area (Å²) in [5.41, 5.74) is -3.41. The summed E-state index contributed by atoms with van der Waals surface area (Å²) in [4.78, 5) is 66.4. The van der Waals surface area contributed by atoms with Crippen LogP contribution in [0.15, 0.2) is 18.2 Å². The molecule has 2 heterocycles. The minimum absolute atomic E-state index is 0.0480. The van der Waals surface area contributed by atoms with Crippen molar-refractivity contribution < 1.29 is 58.6 Å². The number of phenolic OH excluding ortho intramolecular Hbond substituents is 2. The maximum absolute atomic E-state index is 13.8. The molecule has 47 heavy (non-hydrogen) atoms.